The van der Waals surface area contributed by atoms with Gasteiger partial charge in [-0.25, -0.2) is 0 Å². The van der Waals surface area contributed by atoms with Gasteiger partial charge in [-0.2, -0.15) is 5.26 Å². The van der Waals surface area contributed by atoms with E-state index in [0.29, 0.717) is 25.1 Å². The second-order valence-electron chi connectivity index (χ2n) is 6.43. The van der Waals surface area contributed by atoms with Crippen LogP contribution in [-0.2, 0) is 4.52 Å². The fourth-order valence-corrected chi connectivity index (χ4v) is 1.57. The second-order valence-corrected chi connectivity index (χ2v) is 6.77. The fourth-order valence-electron chi connectivity index (χ4n) is 1.45. The molecule has 0 heterocycles. The van der Waals surface area contributed by atoms with Gasteiger partial charge in [0, 0.05) is 21.6 Å². The number of hydrogen-bond acceptors (Lipinski definition) is 3. The van der Waals surface area contributed by atoms with E-state index in [1.54, 1.807) is 0 Å². The lowest BCUT2D eigenvalue weighted by Crippen LogP contribution is -2.33. The molecular formula is C17H39N2OP. The molecule has 0 bridgehead atoms. The van der Waals surface area contributed by atoms with Gasteiger partial charge in [0.2, 0.25) is 0 Å². The minimum Gasteiger partial charge on any atom is -0.365 e. The van der Waals surface area contributed by atoms with Crippen molar-refractivity contribution < 1.29 is 4.52 Å². The van der Waals surface area contributed by atoms with Crippen molar-refractivity contribution in [3.05, 3.63) is 0 Å². The first-order valence-corrected chi connectivity index (χ1v) is 8.62. The molecule has 0 radical (unpaired) electrons. The summed E-state index contributed by atoms with van der Waals surface area (Å²) in [5.74, 6) is 1.69. The molecule has 128 valence electrons. The van der Waals surface area contributed by atoms with Gasteiger partial charge in [-0.15, -0.1) is 0 Å². The Balaban J connectivity index is -0.000000252. The van der Waals surface area contributed by atoms with E-state index in [2.05, 4.69) is 74.7 Å². The van der Waals surface area contributed by atoms with E-state index in [1.807, 2.05) is 6.07 Å². The van der Waals surface area contributed by atoms with Crippen molar-refractivity contribution in [1.82, 2.24) is 5.32 Å². The van der Waals surface area contributed by atoms with Crippen LogP contribution in [0.1, 0.15) is 74.7 Å². The van der Waals surface area contributed by atoms with Gasteiger partial charge in [-0.3, -0.25) is 0 Å². The lowest BCUT2D eigenvalue weighted by Gasteiger charge is -2.18. The van der Waals surface area contributed by atoms with Gasteiger partial charge in [-0.05, 0) is 25.2 Å². The third-order valence-corrected chi connectivity index (χ3v) is 2.83. The van der Waals surface area contributed by atoms with Crippen LogP contribution in [-0.4, -0.2) is 18.7 Å². The topological polar surface area (TPSA) is 45.0 Å². The summed E-state index contributed by atoms with van der Waals surface area (Å²) >= 11 is 0. The highest BCUT2D eigenvalue weighted by molar-refractivity contribution is 7.09. The molecule has 0 saturated carbocycles. The molecule has 0 aliphatic carbocycles. The molecule has 0 amide bonds. The monoisotopic (exact) mass is 318 g/mol. The molecule has 0 aliphatic rings. The summed E-state index contributed by atoms with van der Waals surface area (Å²) in [5, 5.41) is 11.3. The first-order chi connectivity index (χ1) is 9.70. The number of rotatable bonds is 7. The van der Waals surface area contributed by atoms with Gasteiger partial charge >= 0.3 is 0 Å². The molecule has 4 heteroatoms. The Hall–Kier alpha value is -0.160. The van der Waals surface area contributed by atoms with E-state index in [4.69, 9.17) is 5.26 Å². The quantitative estimate of drug-likeness (QED) is 0.520. The largest absolute Gasteiger partial charge is 0.365 e. The molecule has 2 atom stereocenters. The van der Waals surface area contributed by atoms with Crippen LogP contribution in [0.4, 0.5) is 0 Å². The highest BCUT2D eigenvalue weighted by atomic mass is 31.0. The predicted molar refractivity (Wildman–Crippen MR) is 98.2 cm³/mol. The molecule has 0 aromatic rings. The maximum Gasteiger partial charge on any atom is 0.0646 e. The molecule has 2 unspecified atom stereocenters. The van der Waals surface area contributed by atoms with Crippen LogP contribution in [0.15, 0.2) is 0 Å². The van der Waals surface area contributed by atoms with Crippen LogP contribution >= 0.6 is 9.47 Å². The standard InChI is InChI=1S/C9H21N.C5H12.C3H6NOP/c1-7(2)6-9(5)10-8(3)4;1-4-5(2)3;4-2-1-3-5-6/h7-10H,6H2,1-5H3;5H,4H2,1-3H3;1,3,6H2. The number of hydrogen-bond donors (Lipinski definition) is 1. The maximum absolute atomic E-state index is 7.86. The van der Waals surface area contributed by atoms with Crippen LogP contribution < -0.4 is 5.32 Å². The zero-order chi connectivity index (χ0) is 17.3. The molecule has 21 heavy (non-hydrogen) atoms. The summed E-state index contributed by atoms with van der Waals surface area (Å²) in [7, 11) is 2.08. The minimum atomic E-state index is 0.476. The maximum atomic E-state index is 7.86. The Bertz CT molecular complexity index is 215. The van der Waals surface area contributed by atoms with E-state index >= 15 is 0 Å². The smallest absolute Gasteiger partial charge is 0.0646 e. The average Bonchev–Trinajstić information content (AvgIpc) is 2.35. The SMILES string of the molecule is CC(C)CC(C)NC(C)C.CCC(C)C.N#CCCOP. The van der Waals surface area contributed by atoms with Crippen LogP contribution in [0.25, 0.3) is 0 Å². The first-order valence-electron chi connectivity index (χ1n) is 8.15. The average molecular weight is 318 g/mol. The molecule has 0 aromatic heterocycles. The summed E-state index contributed by atoms with van der Waals surface area (Å²) in [4.78, 5) is 0. The first kappa shape index (κ1) is 25.8. The molecule has 0 aromatic carbocycles. The molecule has 0 rings (SSSR count). The Labute approximate surface area is 136 Å². The second kappa shape index (κ2) is 19.8. The summed E-state index contributed by atoms with van der Waals surface area (Å²) in [6.07, 6.45) is 3.06. The van der Waals surface area contributed by atoms with Crippen molar-refractivity contribution in [3.8, 4) is 6.07 Å². The van der Waals surface area contributed by atoms with Crippen molar-refractivity contribution in [1.29, 1.82) is 5.26 Å². The van der Waals surface area contributed by atoms with Gasteiger partial charge in [-0.1, -0.05) is 54.9 Å². The van der Waals surface area contributed by atoms with Crippen LogP contribution in [0, 0.1) is 23.2 Å². The van der Waals surface area contributed by atoms with E-state index in [0.717, 1.165) is 11.8 Å². The van der Waals surface area contributed by atoms with Crippen molar-refractivity contribution >= 4 is 9.47 Å². The van der Waals surface area contributed by atoms with Crippen molar-refractivity contribution in [2.24, 2.45) is 11.8 Å². The van der Waals surface area contributed by atoms with E-state index in [-0.39, 0.29) is 0 Å². The zero-order valence-electron chi connectivity index (χ0n) is 15.6. The molecule has 0 spiro atoms. The van der Waals surface area contributed by atoms with Gasteiger partial charge in [0.05, 0.1) is 19.1 Å². The molecule has 3 nitrogen and oxygen atoms in total. The molecule has 0 fully saturated rings. The molecular weight excluding hydrogens is 279 g/mol. The van der Waals surface area contributed by atoms with Crippen molar-refractivity contribution in [3.63, 3.8) is 0 Å². The van der Waals surface area contributed by atoms with Gasteiger partial charge in [0.1, 0.15) is 0 Å². The molecule has 0 saturated heterocycles. The number of nitriles is 1. The zero-order valence-corrected chi connectivity index (χ0v) is 16.7. The Morgan fingerprint density at radius 3 is 1.71 bits per heavy atom. The Kier molecular flexibility index (Phi) is 24.4. The number of nitrogens with zero attached hydrogens (tertiary/aromatic N) is 1. The summed E-state index contributed by atoms with van der Waals surface area (Å²) in [6.45, 7) is 18.3. The highest BCUT2D eigenvalue weighted by Crippen LogP contribution is 2.03. The lowest BCUT2D eigenvalue weighted by atomic mass is 10.0. The Morgan fingerprint density at radius 1 is 1.05 bits per heavy atom. The highest BCUT2D eigenvalue weighted by Gasteiger charge is 2.04. The van der Waals surface area contributed by atoms with Crippen LogP contribution in [0.5, 0.6) is 0 Å². The Morgan fingerprint density at radius 2 is 1.52 bits per heavy atom. The lowest BCUT2D eigenvalue weighted by molar-refractivity contribution is 0.383. The van der Waals surface area contributed by atoms with Gasteiger partial charge in [0.15, 0.2) is 0 Å². The van der Waals surface area contributed by atoms with Crippen molar-refractivity contribution in [2.75, 3.05) is 6.61 Å². The normalized spacial score (nSPS) is 11.4. The molecule has 1 N–H and O–H groups in total. The van der Waals surface area contributed by atoms with Crippen LogP contribution in [0.2, 0.25) is 0 Å². The van der Waals surface area contributed by atoms with E-state index < -0.39 is 0 Å². The van der Waals surface area contributed by atoms with Gasteiger partial charge in [0.25, 0.3) is 0 Å². The predicted octanol–water partition coefficient (Wildman–Crippen LogP) is 5.18. The van der Waals surface area contributed by atoms with E-state index in [9.17, 15) is 0 Å². The minimum absolute atomic E-state index is 0.476. The summed E-state index contributed by atoms with van der Waals surface area (Å²) in [5.41, 5.74) is 0. The third-order valence-electron chi connectivity index (χ3n) is 2.59. The fraction of sp³-hybridized carbons (Fsp3) is 0.941. The molecule has 0 aliphatic heterocycles. The van der Waals surface area contributed by atoms with Gasteiger partial charge < -0.3 is 9.84 Å². The van der Waals surface area contributed by atoms with E-state index in [1.165, 1.54) is 12.8 Å². The van der Waals surface area contributed by atoms with Crippen molar-refractivity contribution in [2.45, 2.75) is 86.7 Å². The van der Waals surface area contributed by atoms with Crippen LogP contribution in [0.3, 0.4) is 0 Å². The third kappa shape index (κ3) is 38.3. The summed E-state index contributed by atoms with van der Waals surface area (Å²) < 4.78 is 4.48. The summed E-state index contributed by atoms with van der Waals surface area (Å²) in [6, 6.07) is 3.22. The number of nitrogens with one attached hydrogen (secondary N) is 1.